The van der Waals surface area contributed by atoms with Crippen LogP contribution in [0.5, 0.6) is 11.5 Å². The minimum Gasteiger partial charge on any atom is -0.457 e. The SMILES string of the molecule is Cc1ncsc1-c1ccc(CNC(=O)[C@@H]2C[C@@H](O)CN2C(=O)[C@@H](NCCCCCCCc2cc(C#N)cc(Oc3ccc4c(c3)COB4O)c2)C(C)(C)C)cc1. The van der Waals surface area contributed by atoms with E-state index in [1.165, 1.54) is 0 Å². The van der Waals surface area contributed by atoms with Gasteiger partial charge in [-0.15, -0.1) is 11.3 Å². The zero-order chi connectivity index (χ0) is 39.8. The van der Waals surface area contributed by atoms with Crippen molar-refractivity contribution in [2.75, 3.05) is 13.1 Å². The normalized spacial score (nSPS) is 17.1. The number of β-amino-alcohol motifs (C(OH)–C–C–N with tert-alkyl or cyclic N) is 1. The summed E-state index contributed by atoms with van der Waals surface area (Å²) in [6, 6.07) is 20.1. The van der Waals surface area contributed by atoms with Crippen molar-refractivity contribution in [2.45, 2.75) is 104 Å². The Morgan fingerprint density at radius 3 is 2.55 bits per heavy atom. The topological polar surface area (TPSA) is 157 Å². The van der Waals surface area contributed by atoms with E-state index in [4.69, 9.17) is 9.39 Å². The molecule has 2 amide bonds. The van der Waals surface area contributed by atoms with Gasteiger partial charge >= 0.3 is 7.12 Å². The zero-order valence-corrected chi connectivity index (χ0v) is 33.5. The molecule has 1 aromatic heterocycles. The first-order valence-corrected chi connectivity index (χ1v) is 20.4. The molecule has 3 aromatic carbocycles. The fraction of sp³-hybridized carbons (Fsp3) is 0.442. The summed E-state index contributed by atoms with van der Waals surface area (Å²) in [5.74, 6) is 0.813. The number of aliphatic hydroxyl groups is 1. The summed E-state index contributed by atoms with van der Waals surface area (Å²) in [6.45, 7) is 9.50. The van der Waals surface area contributed by atoms with Gasteiger partial charge in [-0.1, -0.05) is 70.4 Å². The molecule has 0 aliphatic carbocycles. The molecule has 1 saturated heterocycles. The van der Waals surface area contributed by atoms with Gasteiger partial charge in [0, 0.05) is 19.5 Å². The first kappa shape index (κ1) is 41.1. The molecule has 0 unspecified atom stereocenters. The molecule has 11 nitrogen and oxygen atoms in total. The molecule has 294 valence electrons. The number of nitrogens with zero attached hydrogens (tertiary/aromatic N) is 3. The van der Waals surface area contributed by atoms with E-state index < -0.39 is 30.7 Å². The van der Waals surface area contributed by atoms with Crippen LogP contribution in [0.3, 0.4) is 0 Å². The van der Waals surface area contributed by atoms with Gasteiger partial charge in [-0.25, -0.2) is 4.98 Å². The lowest BCUT2D eigenvalue weighted by atomic mass is 9.80. The van der Waals surface area contributed by atoms with E-state index in [0.717, 1.165) is 76.8 Å². The van der Waals surface area contributed by atoms with E-state index in [0.29, 0.717) is 36.8 Å². The predicted molar refractivity (Wildman–Crippen MR) is 218 cm³/mol. The van der Waals surface area contributed by atoms with Gasteiger partial charge in [-0.05, 0) is 96.2 Å². The summed E-state index contributed by atoms with van der Waals surface area (Å²) < 4.78 is 11.4. The molecule has 1 fully saturated rings. The van der Waals surface area contributed by atoms with Gasteiger partial charge < -0.3 is 35.1 Å². The van der Waals surface area contributed by atoms with Gasteiger partial charge in [-0.3, -0.25) is 9.59 Å². The third kappa shape index (κ3) is 10.4. The Morgan fingerprint density at radius 2 is 1.82 bits per heavy atom. The fourth-order valence-electron chi connectivity index (χ4n) is 7.46. The first-order chi connectivity index (χ1) is 26.9. The maximum absolute atomic E-state index is 14.0. The van der Waals surface area contributed by atoms with Crippen molar-refractivity contribution >= 4 is 35.7 Å². The monoisotopic (exact) mass is 777 g/mol. The fourth-order valence-corrected chi connectivity index (χ4v) is 8.27. The summed E-state index contributed by atoms with van der Waals surface area (Å²) >= 11 is 1.60. The molecule has 6 rings (SSSR count). The summed E-state index contributed by atoms with van der Waals surface area (Å²) in [6.07, 6.45) is 5.22. The number of fused-ring (bicyclic) bond motifs is 1. The molecule has 0 bridgehead atoms. The highest BCUT2D eigenvalue weighted by molar-refractivity contribution is 7.13. The highest BCUT2D eigenvalue weighted by Crippen LogP contribution is 2.30. The van der Waals surface area contributed by atoms with E-state index in [2.05, 4.69) is 21.7 Å². The second kappa shape index (κ2) is 18.6. The number of rotatable bonds is 16. The van der Waals surface area contributed by atoms with Gasteiger partial charge in [0.2, 0.25) is 11.8 Å². The van der Waals surface area contributed by atoms with Crippen molar-refractivity contribution in [3.63, 3.8) is 0 Å². The first-order valence-electron chi connectivity index (χ1n) is 19.5. The number of likely N-dealkylation sites (tertiary alicyclic amines) is 1. The van der Waals surface area contributed by atoms with Crippen LogP contribution in [-0.4, -0.2) is 70.2 Å². The van der Waals surface area contributed by atoms with E-state index in [-0.39, 0.29) is 24.8 Å². The maximum atomic E-state index is 14.0. The third-order valence-corrected chi connectivity index (χ3v) is 11.5. The van der Waals surface area contributed by atoms with Crippen LogP contribution in [0.25, 0.3) is 10.4 Å². The number of aryl methyl sites for hydroxylation is 2. The number of carbonyl (C=O) groups is 2. The van der Waals surface area contributed by atoms with Crippen LogP contribution < -0.4 is 20.8 Å². The standard InChI is InChI=1S/C43H52BN5O6S/c1-28-39(56-27-48-28)32-13-11-29(12-14-32)24-47-41(51)38-22-34(50)25-49(38)42(52)40(43(2,3)4)46-17-9-7-5-6-8-10-30-18-31(23-45)20-36(19-30)55-35-15-16-37-33(21-35)26-54-44(37)53/h11-16,18-21,27,34,38,40,46,50,53H,5-10,17,22,24-26H2,1-4H3,(H,47,51)/t34-,38+,40-/m1/s1. The highest BCUT2D eigenvalue weighted by atomic mass is 32.1. The molecular formula is C43H52BN5O6S. The Labute approximate surface area is 334 Å². The molecule has 56 heavy (non-hydrogen) atoms. The van der Waals surface area contributed by atoms with Crippen LogP contribution in [0.15, 0.2) is 66.2 Å². The molecule has 3 heterocycles. The summed E-state index contributed by atoms with van der Waals surface area (Å²) in [7, 11) is -0.903. The van der Waals surface area contributed by atoms with Crippen molar-refractivity contribution in [3.05, 3.63) is 94.1 Å². The number of aromatic nitrogens is 1. The number of unbranched alkanes of at least 4 members (excludes halogenated alkanes) is 4. The van der Waals surface area contributed by atoms with Crippen LogP contribution in [0.4, 0.5) is 0 Å². The van der Waals surface area contributed by atoms with Crippen LogP contribution in [0, 0.1) is 23.7 Å². The Bertz CT molecular complexity index is 2030. The van der Waals surface area contributed by atoms with Crippen molar-refractivity contribution < 1.29 is 29.1 Å². The number of hydrogen-bond donors (Lipinski definition) is 4. The zero-order valence-electron chi connectivity index (χ0n) is 32.7. The predicted octanol–water partition coefficient (Wildman–Crippen LogP) is 5.78. The number of nitrogens with one attached hydrogen (secondary N) is 2. The molecule has 0 saturated carbocycles. The van der Waals surface area contributed by atoms with E-state index in [9.17, 15) is 25.0 Å². The molecule has 4 aromatic rings. The van der Waals surface area contributed by atoms with Crippen LogP contribution in [-0.2, 0) is 33.8 Å². The summed E-state index contributed by atoms with van der Waals surface area (Å²) in [5, 5.41) is 36.6. The van der Waals surface area contributed by atoms with Gasteiger partial charge in [0.05, 0.1) is 46.5 Å². The number of amides is 2. The second-order valence-electron chi connectivity index (χ2n) is 16.0. The molecule has 3 atom stereocenters. The van der Waals surface area contributed by atoms with Crippen molar-refractivity contribution in [1.29, 1.82) is 5.26 Å². The number of benzene rings is 3. The van der Waals surface area contributed by atoms with Crippen LogP contribution >= 0.6 is 11.3 Å². The van der Waals surface area contributed by atoms with Crippen molar-refractivity contribution in [3.8, 4) is 28.0 Å². The lowest BCUT2D eigenvalue weighted by Crippen LogP contribution is -2.56. The number of hydrogen-bond acceptors (Lipinski definition) is 10. The van der Waals surface area contributed by atoms with Gasteiger partial charge in [0.25, 0.3) is 0 Å². The second-order valence-corrected chi connectivity index (χ2v) is 16.8. The Hall–Kier alpha value is -4.58. The van der Waals surface area contributed by atoms with Crippen molar-refractivity contribution in [1.82, 2.24) is 20.5 Å². The smallest absolute Gasteiger partial charge is 0.457 e. The molecule has 0 spiro atoms. The van der Waals surface area contributed by atoms with Crippen LogP contribution in [0.2, 0.25) is 0 Å². The molecule has 2 aliphatic heterocycles. The Morgan fingerprint density at radius 1 is 1.05 bits per heavy atom. The molecule has 13 heteroatoms. The maximum Gasteiger partial charge on any atom is 0.491 e. The molecule has 0 radical (unpaired) electrons. The highest BCUT2D eigenvalue weighted by Gasteiger charge is 2.43. The summed E-state index contributed by atoms with van der Waals surface area (Å²) in [4.78, 5) is 34.4. The largest absolute Gasteiger partial charge is 0.491 e. The average molecular weight is 778 g/mol. The lowest BCUT2D eigenvalue weighted by molar-refractivity contribution is -0.142. The van der Waals surface area contributed by atoms with Gasteiger partial charge in [0.1, 0.15) is 17.5 Å². The number of aliphatic hydroxyl groups excluding tert-OH is 1. The lowest BCUT2D eigenvalue weighted by Gasteiger charge is -2.35. The Balaban J connectivity index is 0.936. The molecular weight excluding hydrogens is 725 g/mol. The minimum atomic E-state index is -0.903. The minimum absolute atomic E-state index is 0.132. The summed E-state index contributed by atoms with van der Waals surface area (Å²) in [5.41, 5.74) is 7.69. The van der Waals surface area contributed by atoms with Gasteiger partial charge in [-0.2, -0.15) is 5.26 Å². The molecule has 4 N–H and O–H groups in total. The van der Waals surface area contributed by atoms with E-state index in [1.54, 1.807) is 34.4 Å². The Kier molecular flexibility index (Phi) is 13.6. The third-order valence-electron chi connectivity index (χ3n) is 10.5. The number of thiazole rings is 1. The average Bonchev–Trinajstić information content (AvgIpc) is 3.90. The van der Waals surface area contributed by atoms with Crippen LogP contribution in [0.1, 0.15) is 87.2 Å². The van der Waals surface area contributed by atoms with Gasteiger partial charge in [0.15, 0.2) is 0 Å². The van der Waals surface area contributed by atoms with Crippen molar-refractivity contribution in [2.24, 2.45) is 5.41 Å². The molecule has 2 aliphatic rings. The van der Waals surface area contributed by atoms with E-state index >= 15 is 0 Å². The number of ether oxygens (including phenoxy) is 1. The number of nitriles is 1. The quantitative estimate of drug-likeness (QED) is 0.0819. The number of carbonyl (C=O) groups excluding carboxylic acids is 2. The van der Waals surface area contributed by atoms with E-state index in [1.807, 2.05) is 75.7 Å².